The number of carboxylic acids is 1. The van der Waals surface area contributed by atoms with Crippen LogP contribution in [0, 0.1) is 5.92 Å². The lowest BCUT2D eigenvalue weighted by Crippen LogP contribution is -2.51. The molecular weight excluding hydrogens is 214 g/mol. The van der Waals surface area contributed by atoms with Gasteiger partial charge in [-0.1, -0.05) is 13.8 Å². The topological polar surface area (TPSA) is 122 Å². The van der Waals surface area contributed by atoms with Gasteiger partial charge >= 0.3 is 5.97 Å². The highest BCUT2D eigenvalue weighted by Gasteiger charge is 2.23. The van der Waals surface area contributed by atoms with Gasteiger partial charge in [-0.2, -0.15) is 0 Å². The number of nitrogens with two attached hydrogens (primary N) is 1. The Morgan fingerprint density at radius 1 is 1.44 bits per heavy atom. The zero-order valence-electron chi connectivity index (χ0n) is 10.2. The van der Waals surface area contributed by atoms with Crippen molar-refractivity contribution in [1.82, 2.24) is 10.6 Å². The Morgan fingerprint density at radius 3 is 2.50 bits per heavy atom. The quantitative estimate of drug-likeness (QED) is 0.416. The van der Waals surface area contributed by atoms with Gasteiger partial charge in [0.15, 0.2) is 0 Å². The highest BCUT2D eigenvalue weighted by Crippen LogP contribution is 2.01. The van der Waals surface area contributed by atoms with Crippen LogP contribution in [0.5, 0.6) is 0 Å². The van der Waals surface area contributed by atoms with E-state index in [1.165, 1.54) is 0 Å². The van der Waals surface area contributed by atoms with Crippen LogP contribution < -0.4 is 16.4 Å². The number of rotatable bonds is 7. The molecule has 0 aromatic heterocycles. The van der Waals surface area contributed by atoms with Crippen LogP contribution in [0.1, 0.15) is 13.8 Å². The van der Waals surface area contributed by atoms with Crippen molar-refractivity contribution in [3.63, 3.8) is 0 Å². The van der Waals surface area contributed by atoms with E-state index < -0.39 is 30.4 Å². The largest absolute Gasteiger partial charge is 0.480 e. The molecule has 0 rings (SSSR count). The molecule has 0 bridgehead atoms. The zero-order valence-corrected chi connectivity index (χ0v) is 9.24. The lowest BCUT2D eigenvalue weighted by atomic mass is 10.0. The van der Waals surface area contributed by atoms with Gasteiger partial charge in [-0.05, 0) is 5.92 Å². The Morgan fingerprint density at radius 2 is 2.06 bits per heavy atom. The normalized spacial score (nSPS) is 12.8. The summed E-state index contributed by atoms with van der Waals surface area (Å²) in [4.78, 5) is 33.1. The molecule has 1 atom stereocenters. The summed E-state index contributed by atoms with van der Waals surface area (Å²) in [5.74, 6) is -2.39. The van der Waals surface area contributed by atoms with Crippen molar-refractivity contribution in [2.45, 2.75) is 19.9 Å². The third-order valence-corrected chi connectivity index (χ3v) is 1.84. The molecule has 0 heterocycles. The van der Waals surface area contributed by atoms with Gasteiger partial charge in [0.2, 0.25) is 11.8 Å². The lowest BCUT2D eigenvalue weighted by Gasteiger charge is -2.20. The van der Waals surface area contributed by atoms with Crippen molar-refractivity contribution in [3.05, 3.63) is 0 Å². The van der Waals surface area contributed by atoms with Gasteiger partial charge in [0.05, 0.1) is 6.54 Å². The molecule has 0 spiro atoms. The fraction of sp³-hybridized carbons (Fsp3) is 0.667. The average molecular weight is 232 g/mol. The number of amides is 2. The Labute approximate surface area is 94.8 Å². The number of nitrogens with one attached hydrogen (secondary N) is 2. The molecule has 0 saturated carbocycles. The molecule has 0 fully saturated rings. The van der Waals surface area contributed by atoms with Crippen molar-refractivity contribution in [3.8, 4) is 0 Å². The molecule has 0 aliphatic heterocycles. The molecule has 0 unspecified atom stereocenters. The summed E-state index contributed by atoms with van der Waals surface area (Å²) >= 11 is 0. The molecule has 5 N–H and O–H groups in total. The lowest BCUT2D eigenvalue weighted by molar-refractivity contribution is -0.138. The minimum absolute atomic E-state index is 0.182. The van der Waals surface area contributed by atoms with Crippen molar-refractivity contribution >= 4 is 17.8 Å². The number of carboxylic acid groups (broad SMARTS) is 1. The maximum absolute atomic E-state index is 11.6. The number of hydrogen-bond acceptors (Lipinski definition) is 4. The Kier molecular flexibility index (Phi) is 5.27. The molecule has 0 aromatic carbocycles. The van der Waals surface area contributed by atoms with Crippen molar-refractivity contribution in [2.75, 3.05) is 13.1 Å². The van der Waals surface area contributed by atoms with Crippen LogP contribution in [0.2, 0.25) is 1.41 Å². The molecule has 7 heteroatoms. The van der Waals surface area contributed by atoms with Crippen LogP contribution >= 0.6 is 0 Å². The van der Waals surface area contributed by atoms with Gasteiger partial charge in [0, 0.05) is 0 Å². The molecule has 0 aliphatic carbocycles. The van der Waals surface area contributed by atoms with Gasteiger partial charge in [-0.25, -0.2) is 0 Å². The van der Waals surface area contributed by atoms with E-state index in [2.05, 4.69) is 10.6 Å². The summed E-state index contributed by atoms with van der Waals surface area (Å²) in [7, 11) is 0. The first-order chi connectivity index (χ1) is 7.88. The summed E-state index contributed by atoms with van der Waals surface area (Å²) in [5, 5.41) is 13.0. The molecule has 7 nitrogen and oxygen atoms in total. The fourth-order valence-corrected chi connectivity index (χ4v) is 1.03. The summed E-state index contributed by atoms with van der Waals surface area (Å²) in [5.41, 5.74) is 1.91. The van der Waals surface area contributed by atoms with Crippen molar-refractivity contribution in [1.29, 1.82) is 0 Å². The smallest absolute Gasteiger partial charge is 0.322 e. The molecule has 0 aromatic rings. The van der Waals surface area contributed by atoms with Crippen LogP contribution in [-0.2, 0) is 14.4 Å². The summed E-state index contributed by atoms with van der Waals surface area (Å²) < 4.78 is 6.64. The third kappa shape index (κ3) is 5.30. The molecule has 2 amide bonds. The highest BCUT2D eigenvalue weighted by atomic mass is 16.4. The van der Waals surface area contributed by atoms with Gasteiger partial charge < -0.3 is 21.5 Å². The van der Waals surface area contributed by atoms with E-state index in [0.29, 0.717) is 0 Å². The average Bonchev–Trinajstić information content (AvgIpc) is 2.22. The van der Waals surface area contributed by atoms with Crippen LogP contribution in [-0.4, -0.2) is 42.0 Å². The van der Waals surface area contributed by atoms with Crippen LogP contribution in [0.3, 0.4) is 0 Å². The van der Waals surface area contributed by atoms with E-state index in [9.17, 15) is 14.4 Å². The minimum atomic E-state index is -1.15. The Bertz CT molecular complexity index is 296. The van der Waals surface area contributed by atoms with E-state index in [-0.39, 0.29) is 12.5 Å². The van der Waals surface area contributed by atoms with Gasteiger partial charge in [-0.3, -0.25) is 14.4 Å². The molecule has 0 radical (unpaired) electrons. The SMILES string of the molecule is [2H]NCC(=O)N[C@H](C(=O)NCC(=O)O)C(C)C. The number of carbonyl (C=O) groups is 3. The maximum atomic E-state index is 11.6. The molecule has 0 saturated heterocycles. The van der Waals surface area contributed by atoms with E-state index in [1.807, 2.05) is 5.73 Å². The van der Waals surface area contributed by atoms with Crippen molar-refractivity contribution < 1.29 is 20.9 Å². The van der Waals surface area contributed by atoms with Crippen LogP contribution in [0.15, 0.2) is 0 Å². The summed E-state index contributed by atoms with van der Waals surface area (Å²) in [6.45, 7) is 2.73. The van der Waals surface area contributed by atoms with E-state index in [4.69, 9.17) is 6.52 Å². The first-order valence-corrected chi connectivity index (χ1v) is 4.82. The fourth-order valence-electron chi connectivity index (χ4n) is 1.03. The first kappa shape index (κ1) is 12.4. The Balaban J connectivity index is 4.36. The zero-order chi connectivity index (χ0) is 13.4. The second-order valence-electron chi connectivity index (χ2n) is 3.58. The molecule has 16 heavy (non-hydrogen) atoms. The first-order valence-electron chi connectivity index (χ1n) is 5.32. The standard InChI is InChI=1S/C9H17N3O4/c1-5(2)8(12-6(13)3-10)9(16)11-4-7(14)15/h5,8H,3-4,10H2,1-2H3,(H,11,16)(H,12,13)(H,14,15)/t8-/m0/s1/i/hD. The monoisotopic (exact) mass is 232 g/mol. The predicted molar refractivity (Wildman–Crippen MR) is 56.5 cm³/mol. The predicted octanol–water partition coefficient (Wildman–Crippen LogP) is -1.71. The third-order valence-electron chi connectivity index (χ3n) is 1.84. The number of carbonyl (C=O) groups excluding carboxylic acids is 2. The van der Waals surface area contributed by atoms with Gasteiger partial charge in [0.25, 0.3) is 0 Å². The second-order valence-corrected chi connectivity index (χ2v) is 3.58. The second kappa shape index (κ2) is 6.78. The number of hydrogen-bond donors (Lipinski definition) is 4. The molecular formula is C9H17N3O4. The van der Waals surface area contributed by atoms with E-state index >= 15 is 0 Å². The van der Waals surface area contributed by atoms with Crippen LogP contribution in [0.25, 0.3) is 0 Å². The van der Waals surface area contributed by atoms with Crippen LogP contribution in [0.4, 0.5) is 0 Å². The minimum Gasteiger partial charge on any atom is -0.480 e. The van der Waals surface area contributed by atoms with E-state index in [0.717, 1.165) is 0 Å². The van der Waals surface area contributed by atoms with Crippen molar-refractivity contribution in [2.24, 2.45) is 11.6 Å². The Hall–Kier alpha value is -1.63. The van der Waals surface area contributed by atoms with Gasteiger partial charge in [0.1, 0.15) is 14.0 Å². The molecule has 92 valence electrons. The summed E-state index contributed by atoms with van der Waals surface area (Å²) in [6.07, 6.45) is 0. The summed E-state index contributed by atoms with van der Waals surface area (Å²) in [6, 6.07) is -0.810. The van der Waals surface area contributed by atoms with E-state index in [1.54, 1.807) is 13.8 Å². The maximum Gasteiger partial charge on any atom is 0.322 e. The highest BCUT2D eigenvalue weighted by molar-refractivity contribution is 5.90. The number of aliphatic carboxylic acids is 1. The molecule has 0 aliphatic rings. The van der Waals surface area contributed by atoms with Gasteiger partial charge in [-0.15, -0.1) is 0 Å².